The van der Waals surface area contributed by atoms with E-state index in [1.165, 1.54) is 0 Å². The minimum Gasteiger partial charge on any atom is -0.207 e. The highest BCUT2D eigenvalue weighted by Gasteiger charge is 2.19. The SMILES string of the molecule is C[C@@H](NS(=O)(=O)c1ccccc1)c1ccccc1Cl. The summed E-state index contributed by atoms with van der Waals surface area (Å²) in [6.45, 7) is 1.77. The van der Waals surface area contributed by atoms with Gasteiger partial charge >= 0.3 is 0 Å². The van der Waals surface area contributed by atoms with Crippen LogP contribution in [0.1, 0.15) is 18.5 Å². The first-order chi connectivity index (χ1) is 9.00. The predicted molar refractivity (Wildman–Crippen MR) is 76.6 cm³/mol. The van der Waals surface area contributed by atoms with Gasteiger partial charge in [-0.3, -0.25) is 0 Å². The van der Waals surface area contributed by atoms with Gasteiger partial charge in [0, 0.05) is 11.1 Å². The van der Waals surface area contributed by atoms with Crippen LogP contribution in [0.3, 0.4) is 0 Å². The van der Waals surface area contributed by atoms with Crippen molar-refractivity contribution in [2.75, 3.05) is 0 Å². The number of hydrogen-bond donors (Lipinski definition) is 1. The quantitative estimate of drug-likeness (QED) is 0.940. The Balaban J connectivity index is 2.24. The molecule has 1 atom stereocenters. The molecule has 0 aliphatic rings. The number of rotatable bonds is 4. The summed E-state index contributed by atoms with van der Waals surface area (Å²) in [5.41, 5.74) is 0.753. The molecular weight excluding hydrogens is 282 g/mol. The molecule has 0 spiro atoms. The van der Waals surface area contributed by atoms with Crippen LogP contribution in [-0.2, 0) is 10.0 Å². The molecule has 0 heterocycles. The first kappa shape index (κ1) is 14.1. The minimum absolute atomic E-state index is 0.244. The van der Waals surface area contributed by atoms with Crippen LogP contribution in [0.15, 0.2) is 59.5 Å². The summed E-state index contributed by atoms with van der Waals surface area (Å²) in [6.07, 6.45) is 0. The Morgan fingerprint density at radius 2 is 1.58 bits per heavy atom. The van der Waals surface area contributed by atoms with Crippen molar-refractivity contribution in [3.8, 4) is 0 Å². The summed E-state index contributed by atoms with van der Waals surface area (Å²) in [5.74, 6) is 0. The lowest BCUT2D eigenvalue weighted by Gasteiger charge is -2.15. The van der Waals surface area contributed by atoms with Gasteiger partial charge in [0.2, 0.25) is 10.0 Å². The summed E-state index contributed by atoms with van der Waals surface area (Å²) in [7, 11) is -3.53. The summed E-state index contributed by atoms with van der Waals surface area (Å²) >= 11 is 6.06. The average molecular weight is 296 g/mol. The van der Waals surface area contributed by atoms with Crippen molar-refractivity contribution in [1.82, 2.24) is 4.72 Å². The van der Waals surface area contributed by atoms with Crippen LogP contribution in [0.25, 0.3) is 0 Å². The van der Waals surface area contributed by atoms with Gasteiger partial charge in [-0.2, -0.15) is 0 Å². The number of halogens is 1. The summed E-state index contributed by atoms with van der Waals surface area (Å²) in [6, 6.07) is 15.1. The highest BCUT2D eigenvalue weighted by Crippen LogP contribution is 2.23. The molecular formula is C14H14ClNO2S. The van der Waals surface area contributed by atoms with Gasteiger partial charge < -0.3 is 0 Å². The van der Waals surface area contributed by atoms with E-state index in [1.807, 2.05) is 12.1 Å². The fourth-order valence-electron chi connectivity index (χ4n) is 1.79. The monoisotopic (exact) mass is 295 g/mol. The van der Waals surface area contributed by atoms with E-state index in [2.05, 4.69) is 4.72 Å². The van der Waals surface area contributed by atoms with Gasteiger partial charge in [-0.25, -0.2) is 13.1 Å². The lowest BCUT2D eigenvalue weighted by Crippen LogP contribution is -2.27. The minimum atomic E-state index is -3.53. The van der Waals surface area contributed by atoms with E-state index >= 15 is 0 Å². The molecule has 1 N–H and O–H groups in total. The van der Waals surface area contributed by atoms with Gasteiger partial charge in [0.1, 0.15) is 0 Å². The molecule has 0 aliphatic heterocycles. The molecule has 0 saturated heterocycles. The third kappa shape index (κ3) is 3.35. The topological polar surface area (TPSA) is 46.2 Å². The molecule has 0 aliphatic carbocycles. The maximum absolute atomic E-state index is 12.2. The van der Waals surface area contributed by atoms with E-state index in [0.717, 1.165) is 5.56 Å². The molecule has 0 amide bonds. The predicted octanol–water partition coefficient (Wildman–Crippen LogP) is 3.38. The highest BCUT2D eigenvalue weighted by atomic mass is 35.5. The van der Waals surface area contributed by atoms with Gasteiger partial charge in [-0.05, 0) is 30.7 Å². The zero-order chi connectivity index (χ0) is 13.9. The molecule has 0 radical (unpaired) electrons. The maximum Gasteiger partial charge on any atom is 0.241 e. The fourth-order valence-corrected chi connectivity index (χ4v) is 3.33. The number of benzene rings is 2. The Morgan fingerprint density at radius 1 is 1.00 bits per heavy atom. The average Bonchev–Trinajstić information content (AvgIpc) is 2.39. The molecule has 2 rings (SSSR count). The van der Waals surface area contributed by atoms with E-state index in [-0.39, 0.29) is 10.9 Å². The van der Waals surface area contributed by atoms with E-state index in [1.54, 1.807) is 49.4 Å². The van der Waals surface area contributed by atoms with Crippen molar-refractivity contribution in [3.05, 3.63) is 65.2 Å². The lowest BCUT2D eigenvalue weighted by molar-refractivity contribution is 0.567. The van der Waals surface area contributed by atoms with Crippen LogP contribution in [0.4, 0.5) is 0 Å². The largest absolute Gasteiger partial charge is 0.241 e. The highest BCUT2D eigenvalue weighted by molar-refractivity contribution is 7.89. The van der Waals surface area contributed by atoms with Crippen molar-refractivity contribution in [1.29, 1.82) is 0 Å². The maximum atomic E-state index is 12.2. The molecule has 5 heteroatoms. The number of hydrogen-bond acceptors (Lipinski definition) is 2. The normalized spacial score (nSPS) is 13.2. The van der Waals surface area contributed by atoms with Gasteiger partial charge in [-0.1, -0.05) is 48.0 Å². The molecule has 3 nitrogen and oxygen atoms in total. The second-order valence-electron chi connectivity index (χ2n) is 4.18. The lowest BCUT2D eigenvalue weighted by atomic mass is 10.1. The molecule has 0 saturated carbocycles. The van der Waals surface area contributed by atoms with Crippen LogP contribution < -0.4 is 4.72 Å². The zero-order valence-electron chi connectivity index (χ0n) is 10.4. The molecule has 100 valence electrons. The Kier molecular flexibility index (Phi) is 4.24. The van der Waals surface area contributed by atoms with Gasteiger partial charge in [0.15, 0.2) is 0 Å². The van der Waals surface area contributed by atoms with Crippen molar-refractivity contribution >= 4 is 21.6 Å². The molecule has 19 heavy (non-hydrogen) atoms. The Labute approximate surface area is 118 Å². The van der Waals surface area contributed by atoms with Crippen LogP contribution in [0.5, 0.6) is 0 Å². The molecule has 0 aromatic heterocycles. The van der Waals surface area contributed by atoms with E-state index < -0.39 is 10.0 Å². The summed E-state index contributed by atoms with van der Waals surface area (Å²) in [4.78, 5) is 0.244. The van der Waals surface area contributed by atoms with Crippen molar-refractivity contribution in [2.45, 2.75) is 17.9 Å². The molecule has 2 aromatic rings. The Hall–Kier alpha value is -1.36. The van der Waals surface area contributed by atoms with E-state index in [9.17, 15) is 8.42 Å². The van der Waals surface area contributed by atoms with Gasteiger partial charge in [0.25, 0.3) is 0 Å². The van der Waals surface area contributed by atoms with E-state index in [0.29, 0.717) is 5.02 Å². The second kappa shape index (κ2) is 5.74. The fraction of sp³-hybridized carbons (Fsp3) is 0.143. The molecule has 0 unspecified atom stereocenters. The second-order valence-corrected chi connectivity index (χ2v) is 6.30. The van der Waals surface area contributed by atoms with Crippen LogP contribution in [0, 0.1) is 0 Å². The van der Waals surface area contributed by atoms with Crippen LogP contribution in [0.2, 0.25) is 5.02 Å². The third-order valence-electron chi connectivity index (χ3n) is 2.76. The smallest absolute Gasteiger partial charge is 0.207 e. The number of nitrogens with one attached hydrogen (secondary N) is 1. The summed E-state index contributed by atoms with van der Waals surface area (Å²) < 4.78 is 27.0. The Bertz CT molecular complexity index is 656. The Morgan fingerprint density at radius 3 is 2.21 bits per heavy atom. The molecule has 2 aromatic carbocycles. The van der Waals surface area contributed by atoms with Crippen molar-refractivity contribution in [3.63, 3.8) is 0 Å². The van der Waals surface area contributed by atoms with Crippen LogP contribution >= 0.6 is 11.6 Å². The number of sulfonamides is 1. The van der Waals surface area contributed by atoms with E-state index in [4.69, 9.17) is 11.6 Å². The third-order valence-corrected chi connectivity index (χ3v) is 4.66. The van der Waals surface area contributed by atoms with Gasteiger partial charge in [-0.15, -0.1) is 0 Å². The molecule has 0 bridgehead atoms. The molecule has 0 fully saturated rings. The first-order valence-electron chi connectivity index (χ1n) is 5.82. The van der Waals surface area contributed by atoms with Crippen molar-refractivity contribution in [2.24, 2.45) is 0 Å². The van der Waals surface area contributed by atoms with Crippen LogP contribution in [-0.4, -0.2) is 8.42 Å². The summed E-state index contributed by atoms with van der Waals surface area (Å²) in [5, 5.41) is 0.547. The first-order valence-corrected chi connectivity index (χ1v) is 7.68. The standard InChI is InChI=1S/C14H14ClNO2S/c1-11(13-9-5-6-10-14(13)15)16-19(17,18)12-7-3-2-4-8-12/h2-11,16H,1H3/t11-/m1/s1. The van der Waals surface area contributed by atoms with Gasteiger partial charge in [0.05, 0.1) is 4.90 Å². The van der Waals surface area contributed by atoms with Crippen molar-refractivity contribution < 1.29 is 8.42 Å². The zero-order valence-corrected chi connectivity index (χ0v) is 11.9.